The molecule has 2 aromatic carbocycles. The number of nitrogens with zero attached hydrogens (tertiary/aromatic N) is 1. The average molecular weight is 351 g/mol. The molecule has 0 amide bonds. The first-order valence-corrected chi connectivity index (χ1v) is 7.17. The summed E-state index contributed by atoms with van der Waals surface area (Å²) in [5, 5.41) is 14.2. The third-order valence-electron chi connectivity index (χ3n) is 2.99. The van der Waals surface area contributed by atoms with Crippen molar-refractivity contribution in [2.75, 3.05) is 7.05 Å². The lowest BCUT2D eigenvalue weighted by Gasteiger charge is -2.13. The molecule has 0 aliphatic heterocycles. The van der Waals surface area contributed by atoms with Crippen LogP contribution in [-0.2, 0) is 6.54 Å². The van der Waals surface area contributed by atoms with Crippen LogP contribution in [0.25, 0.3) is 0 Å². The second-order valence-corrected chi connectivity index (χ2v) is 5.48. The molecule has 0 atom stereocenters. The van der Waals surface area contributed by atoms with Crippen LogP contribution in [0.4, 0.5) is 5.69 Å². The molecule has 110 valence electrons. The molecule has 0 aliphatic rings. The highest BCUT2D eigenvalue weighted by molar-refractivity contribution is 9.10. The van der Waals surface area contributed by atoms with Crippen molar-refractivity contribution in [2.45, 2.75) is 13.5 Å². The maximum atomic E-state index is 11.1. The number of nitro benzene ring substituents is 1. The minimum Gasteiger partial charge on any atom is -0.450 e. The fourth-order valence-electron chi connectivity index (χ4n) is 2.00. The lowest BCUT2D eigenvalue weighted by atomic mass is 10.1. The van der Waals surface area contributed by atoms with Gasteiger partial charge in [0.15, 0.2) is 0 Å². The largest absolute Gasteiger partial charge is 0.450 e. The predicted octanol–water partition coefficient (Wildman–Crippen LogP) is 4.18. The first-order valence-electron chi connectivity index (χ1n) is 6.38. The smallest absolute Gasteiger partial charge is 0.311 e. The molecule has 0 aliphatic carbocycles. The summed E-state index contributed by atoms with van der Waals surface area (Å²) < 4.78 is 6.77. The highest BCUT2D eigenvalue weighted by atomic mass is 79.9. The van der Waals surface area contributed by atoms with Crippen molar-refractivity contribution in [3.05, 3.63) is 62.1 Å². The third-order valence-corrected chi connectivity index (χ3v) is 3.48. The Kier molecular flexibility index (Phi) is 4.93. The molecule has 5 nitrogen and oxygen atoms in total. The number of hydrogen-bond donors (Lipinski definition) is 1. The highest BCUT2D eigenvalue weighted by Gasteiger charge is 2.18. The molecule has 2 rings (SSSR count). The fourth-order valence-corrected chi connectivity index (χ4v) is 2.41. The maximum absolute atomic E-state index is 11.1. The molecule has 0 fully saturated rings. The zero-order chi connectivity index (χ0) is 15.4. The Balaban J connectivity index is 2.45. The van der Waals surface area contributed by atoms with Crippen LogP contribution < -0.4 is 10.1 Å². The Morgan fingerprint density at radius 1 is 1.33 bits per heavy atom. The Labute approximate surface area is 131 Å². The fraction of sp³-hybridized carbons (Fsp3) is 0.200. The van der Waals surface area contributed by atoms with E-state index in [0.29, 0.717) is 12.3 Å². The molecule has 0 unspecified atom stereocenters. The standard InChI is InChI=1S/C15H15BrN2O3/c1-10-4-3-5-13(18(19)20)15(10)21-14-7-6-12(16)8-11(14)9-17-2/h3-8,17H,9H2,1-2H3. The normalized spacial score (nSPS) is 10.4. The number of nitrogens with one attached hydrogen (secondary N) is 1. The van der Waals surface area contributed by atoms with E-state index < -0.39 is 4.92 Å². The van der Waals surface area contributed by atoms with Crippen LogP contribution in [-0.4, -0.2) is 12.0 Å². The van der Waals surface area contributed by atoms with Gasteiger partial charge in [-0.3, -0.25) is 10.1 Å². The van der Waals surface area contributed by atoms with Crippen LogP contribution in [0.1, 0.15) is 11.1 Å². The van der Waals surface area contributed by atoms with Crippen molar-refractivity contribution in [3.8, 4) is 11.5 Å². The van der Waals surface area contributed by atoms with Gasteiger partial charge in [0.2, 0.25) is 5.75 Å². The number of nitro groups is 1. The lowest BCUT2D eigenvalue weighted by molar-refractivity contribution is -0.385. The van der Waals surface area contributed by atoms with Gasteiger partial charge >= 0.3 is 5.69 Å². The monoisotopic (exact) mass is 350 g/mol. The minimum atomic E-state index is -0.432. The first kappa shape index (κ1) is 15.5. The quantitative estimate of drug-likeness (QED) is 0.648. The van der Waals surface area contributed by atoms with Crippen molar-refractivity contribution >= 4 is 21.6 Å². The van der Waals surface area contributed by atoms with Crippen LogP contribution in [0.3, 0.4) is 0 Å². The van der Waals surface area contributed by atoms with Gasteiger partial charge in [-0.2, -0.15) is 0 Å². The van der Waals surface area contributed by atoms with Crippen molar-refractivity contribution in [1.29, 1.82) is 0 Å². The first-order chi connectivity index (χ1) is 10.0. The summed E-state index contributed by atoms with van der Waals surface area (Å²) in [7, 11) is 1.83. The van der Waals surface area contributed by atoms with Gasteiger partial charge in [0, 0.05) is 22.6 Å². The van der Waals surface area contributed by atoms with Gasteiger partial charge in [0.05, 0.1) is 4.92 Å². The van der Waals surface area contributed by atoms with E-state index in [1.807, 2.05) is 19.2 Å². The minimum absolute atomic E-state index is 0.0340. The number of hydrogen-bond acceptors (Lipinski definition) is 4. The van der Waals surface area contributed by atoms with Crippen molar-refractivity contribution < 1.29 is 9.66 Å². The number of rotatable bonds is 5. The second-order valence-electron chi connectivity index (χ2n) is 4.56. The van der Waals surface area contributed by atoms with Crippen LogP contribution in [0.5, 0.6) is 11.5 Å². The molecule has 0 saturated heterocycles. The molecule has 0 saturated carbocycles. The van der Waals surface area contributed by atoms with Gasteiger partial charge in [-0.15, -0.1) is 0 Å². The van der Waals surface area contributed by atoms with Crippen LogP contribution in [0.2, 0.25) is 0 Å². The van der Waals surface area contributed by atoms with E-state index in [1.165, 1.54) is 6.07 Å². The summed E-state index contributed by atoms with van der Waals surface area (Å²) in [6, 6.07) is 10.5. The van der Waals surface area contributed by atoms with Crippen molar-refractivity contribution in [2.24, 2.45) is 0 Å². The molecule has 6 heteroatoms. The van der Waals surface area contributed by atoms with E-state index in [9.17, 15) is 10.1 Å². The van der Waals surface area contributed by atoms with Gasteiger partial charge in [0.25, 0.3) is 0 Å². The Bertz CT molecular complexity index is 674. The molecule has 0 heterocycles. The highest BCUT2D eigenvalue weighted by Crippen LogP contribution is 2.36. The van der Waals surface area contributed by atoms with Crippen LogP contribution in [0.15, 0.2) is 40.9 Å². The Morgan fingerprint density at radius 3 is 2.76 bits per heavy atom. The number of halogens is 1. The topological polar surface area (TPSA) is 64.4 Å². The lowest BCUT2D eigenvalue weighted by Crippen LogP contribution is -2.07. The van der Waals surface area contributed by atoms with Crippen LogP contribution >= 0.6 is 15.9 Å². The Hall–Kier alpha value is -1.92. The second kappa shape index (κ2) is 6.69. The zero-order valence-corrected chi connectivity index (χ0v) is 13.3. The summed E-state index contributed by atoms with van der Waals surface area (Å²) in [5.41, 5.74) is 1.61. The summed E-state index contributed by atoms with van der Waals surface area (Å²) in [6.07, 6.45) is 0. The molecule has 0 radical (unpaired) electrons. The van der Waals surface area contributed by atoms with Crippen LogP contribution in [0, 0.1) is 17.0 Å². The Morgan fingerprint density at radius 2 is 2.10 bits per heavy atom. The zero-order valence-electron chi connectivity index (χ0n) is 11.7. The van der Waals surface area contributed by atoms with E-state index in [1.54, 1.807) is 25.1 Å². The average Bonchev–Trinajstić information content (AvgIpc) is 2.43. The molecule has 21 heavy (non-hydrogen) atoms. The summed E-state index contributed by atoms with van der Waals surface area (Å²) in [4.78, 5) is 10.7. The molecule has 0 spiro atoms. The van der Waals surface area contributed by atoms with E-state index in [4.69, 9.17) is 4.74 Å². The summed E-state index contributed by atoms with van der Waals surface area (Å²) in [5.74, 6) is 0.882. The molecule has 1 N–H and O–H groups in total. The predicted molar refractivity (Wildman–Crippen MR) is 84.8 cm³/mol. The third kappa shape index (κ3) is 3.59. The van der Waals surface area contributed by atoms with E-state index in [-0.39, 0.29) is 11.4 Å². The SMILES string of the molecule is CNCc1cc(Br)ccc1Oc1c(C)cccc1[N+](=O)[O-]. The van der Waals surface area contributed by atoms with Gasteiger partial charge in [-0.1, -0.05) is 28.1 Å². The number of aryl methyl sites for hydroxylation is 1. The van der Waals surface area contributed by atoms with E-state index >= 15 is 0 Å². The van der Waals surface area contributed by atoms with Crippen molar-refractivity contribution in [3.63, 3.8) is 0 Å². The number of ether oxygens (including phenoxy) is 1. The van der Waals surface area contributed by atoms with Gasteiger partial charge < -0.3 is 10.1 Å². The number of para-hydroxylation sites is 1. The molecule has 0 bridgehead atoms. The molecule has 2 aromatic rings. The van der Waals surface area contributed by atoms with Crippen molar-refractivity contribution in [1.82, 2.24) is 5.32 Å². The maximum Gasteiger partial charge on any atom is 0.311 e. The molecule has 0 aromatic heterocycles. The molecular weight excluding hydrogens is 336 g/mol. The van der Waals surface area contributed by atoms with Gasteiger partial charge in [-0.25, -0.2) is 0 Å². The van der Waals surface area contributed by atoms with E-state index in [2.05, 4.69) is 21.2 Å². The van der Waals surface area contributed by atoms with Gasteiger partial charge in [0.1, 0.15) is 5.75 Å². The molecular formula is C15H15BrN2O3. The van der Waals surface area contributed by atoms with E-state index in [0.717, 1.165) is 15.6 Å². The van der Waals surface area contributed by atoms with Gasteiger partial charge in [-0.05, 0) is 37.7 Å². The summed E-state index contributed by atoms with van der Waals surface area (Å²) in [6.45, 7) is 2.40. The number of benzene rings is 2. The summed E-state index contributed by atoms with van der Waals surface area (Å²) >= 11 is 3.41.